The molecule has 0 spiro atoms. The molecule has 4 nitrogen and oxygen atoms in total. The van der Waals surface area contributed by atoms with Gasteiger partial charge in [0.15, 0.2) is 0 Å². The normalized spacial score (nSPS) is 10.5. The molecule has 0 fully saturated rings. The number of aromatic nitrogens is 4. The van der Waals surface area contributed by atoms with E-state index in [0.717, 1.165) is 22.2 Å². The minimum atomic E-state index is 0.693. The first-order valence-corrected chi connectivity index (χ1v) is 6.34. The minimum Gasteiger partial charge on any atom is -0.187 e. The molecule has 0 bridgehead atoms. The van der Waals surface area contributed by atoms with Gasteiger partial charge in [-0.1, -0.05) is 35.5 Å². The van der Waals surface area contributed by atoms with Gasteiger partial charge >= 0.3 is 0 Å². The van der Waals surface area contributed by atoms with E-state index in [1.807, 2.05) is 31.2 Å². The number of halogens is 1. The van der Waals surface area contributed by atoms with E-state index in [-0.39, 0.29) is 0 Å². The van der Waals surface area contributed by atoms with Gasteiger partial charge in [0.25, 0.3) is 0 Å². The molecule has 1 heterocycles. The van der Waals surface area contributed by atoms with Gasteiger partial charge in [0.05, 0.1) is 5.69 Å². The quantitative estimate of drug-likeness (QED) is 0.630. The fourth-order valence-electron chi connectivity index (χ4n) is 1.20. The summed E-state index contributed by atoms with van der Waals surface area (Å²) in [6.45, 7) is 5.83. The van der Waals surface area contributed by atoms with Crippen LogP contribution in [0.5, 0.6) is 0 Å². The Kier molecular flexibility index (Phi) is 3.81. The Morgan fingerprint density at radius 1 is 1.41 bits per heavy atom. The molecular formula is C11H11ClN4S. The van der Waals surface area contributed by atoms with Crippen LogP contribution in [-0.2, 0) is 0 Å². The van der Waals surface area contributed by atoms with Crippen LogP contribution < -0.4 is 0 Å². The maximum absolute atomic E-state index is 5.84. The first-order valence-electron chi connectivity index (χ1n) is 4.98. The second-order valence-corrected chi connectivity index (χ2v) is 4.97. The number of thioether (sulfide) groups is 1. The highest BCUT2D eigenvalue weighted by molar-refractivity contribution is 7.99. The van der Waals surface area contributed by atoms with Crippen molar-refractivity contribution in [3.8, 4) is 5.69 Å². The summed E-state index contributed by atoms with van der Waals surface area (Å²) in [5.41, 5.74) is 1.98. The number of nitrogens with zero attached hydrogens (tertiary/aromatic N) is 4. The minimum absolute atomic E-state index is 0.693. The molecule has 0 aliphatic rings. The zero-order valence-electron chi connectivity index (χ0n) is 9.30. The monoisotopic (exact) mass is 266 g/mol. The van der Waals surface area contributed by atoms with E-state index in [1.54, 1.807) is 16.4 Å². The van der Waals surface area contributed by atoms with Crippen molar-refractivity contribution < 1.29 is 0 Å². The van der Waals surface area contributed by atoms with Crippen LogP contribution in [0, 0.1) is 0 Å². The maximum atomic E-state index is 5.84. The third-order valence-corrected chi connectivity index (χ3v) is 3.36. The molecule has 0 amide bonds. The predicted octanol–water partition coefficient (Wildman–Crippen LogP) is 2.98. The summed E-state index contributed by atoms with van der Waals surface area (Å²) in [5, 5.41) is 13.1. The van der Waals surface area contributed by atoms with Crippen molar-refractivity contribution >= 4 is 23.4 Å². The number of hydrogen-bond acceptors (Lipinski definition) is 4. The topological polar surface area (TPSA) is 43.6 Å². The van der Waals surface area contributed by atoms with E-state index in [4.69, 9.17) is 11.6 Å². The first-order chi connectivity index (χ1) is 8.16. The number of rotatable bonds is 4. The van der Waals surface area contributed by atoms with Crippen molar-refractivity contribution in [3.05, 3.63) is 41.4 Å². The van der Waals surface area contributed by atoms with Crippen LogP contribution in [0.15, 0.2) is 41.6 Å². The maximum Gasteiger partial charge on any atom is 0.214 e. The first kappa shape index (κ1) is 12.1. The summed E-state index contributed by atoms with van der Waals surface area (Å²) in [7, 11) is 0. The van der Waals surface area contributed by atoms with Crippen LogP contribution in [-0.4, -0.2) is 26.0 Å². The van der Waals surface area contributed by atoms with Gasteiger partial charge in [-0.3, -0.25) is 0 Å². The van der Waals surface area contributed by atoms with Crippen LogP contribution in [0.1, 0.15) is 6.92 Å². The van der Waals surface area contributed by atoms with E-state index in [2.05, 4.69) is 22.1 Å². The largest absolute Gasteiger partial charge is 0.214 e. The lowest BCUT2D eigenvalue weighted by atomic mass is 10.3. The zero-order chi connectivity index (χ0) is 12.3. The molecular weight excluding hydrogens is 256 g/mol. The summed E-state index contributed by atoms with van der Waals surface area (Å²) < 4.78 is 1.68. The van der Waals surface area contributed by atoms with Gasteiger partial charge in [-0.15, -0.1) is 5.10 Å². The second kappa shape index (κ2) is 5.33. The van der Waals surface area contributed by atoms with E-state index >= 15 is 0 Å². The molecule has 0 N–H and O–H groups in total. The van der Waals surface area contributed by atoms with Gasteiger partial charge < -0.3 is 0 Å². The highest BCUT2D eigenvalue weighted by atomic mass is 35.5. The van der Waals surface area contributed by atoms with E-state index in [9.17, 15) is 0 Å². The molecule has 17 heavy (non-hydrogen) atoms. The summed E-state index contributed by atoms with van der Waals surface area (Å²) in [5.74, 6) is 0.800. The number of hydrogen-bond donors (Lipinski definition) is 0. The predicted molar refractivity (Wildman–Crippen MR) is 69.7 cm³/mol. The standard InChI is InChI=1S/C11H11ClN4S/c1-8(2)7-17-11-13-14-15-16(11)10-5-3-9(12)4-6-10/h3-6H,1,7H2,2H3. The van der Waals surface area contributed by atoms with Gasteiger partial charge in [0.1, 0.15) is 0 Å². The number of benzene rings is 1. The van der Waals surface area contributed by atoms with Crippen molar-refractivity contribution in [2.45, 2.75) is 12.1 Å². The Bertz CT molecular complexity index is 521. The lowest BCUT2D eigenvalue weighted by molar-refractivity contribution is 0.756. The number of tetrazole rings is 1. The molecule has 2 rings (SSSR count). The van der Waals surface area contributed by atoms with Crippen LogP contribution >= 0.6 is 23.4 Å². The van der Waals surface area contributed by atoms with Gasteiger partial charge in [0.2, 0.25) is 5.16 Å². The zero-order valence-corrected chi connectivity index (χ0v) is 10.9. The molecule has 88 valence electrons. The molecule has 1 aromatic carbocycles. The van der Waals surface area contributed by atoms with Crippen LogP contribution in [0.3, 0.4) is 0 Å². The fraction of sp³-hybridized carbons (Fsp3) is 0.182. The molecule has 0 atom stereocenters. The fourth-order valence-corrected chi connectivity index (χ4v) is 2.06. The Morgan fingerprint density at radius 3 is 2.76 bits per heavy atom. The average molecular weight is 267 g/mol. The summed E-state index contributed by atoms with van der Waals surface area (Å²) in [6.07, 6.45) is 0. The van der Waals surface area contributed by atoms with Crippen molar-refractivity contribution in [3.63, 3.8) is 0 Å². The SMILES string of the molecule is C=C(C)CSc1nnnn1-c1ccc(Cl)cc1. The van der Waals surface area contributed by atoms with Crippen molar-refractivity contribution in [2.24, 2.45) is 0 Å². The third-order valence-electron chi connectivity index (χ3n) is 1.96. The van der Waals surface area contributed by atoms with Crippen molar-refractivity contribution in [1.82, 2.24) is 20.2 Å². The van der Waals surface area contributed by atoms with Crippen LogP contribution in [0.25, 0.3) is 5.69 Å². The van der Waals surface area contributed by atoms with E-state index < -0.39 is 0 Å². The molecule has 0 saturated carbocycles. The molecule has 0 saturated heterocycles. The van der Waals surface area contributed by atoms with Crippen molar-refractivity contribution in [1.29, 1.82) is 0 Å². The smallest absolute Gasteiger partial charge is 0.187 e. The average Bonchev–Trinajstić information content (AvgIpc) is 2.75. The lowest BCUT2D eigenvalue weighted by Crippen LogP contribution is -1.99. The van der Waals surface area contributed by atoms with Crippen LogP contribution in [0.4, 0.5) is 0 Å². The highest BCUT2D eigenvalue weighted by Gasteiger charge is 2.08. The Balaban J connectivity index is 2.24. The summed E-state index contributed by atoms with van der Waals surface area (Å²) in [6, 6.07) is 7.38. The molecule has 0 aliphatic carbocycles. The summed E-state index contributed by atoms with van der Waals surface area (Å²) >= 11 is 7.39. The molecule has 0 aliphatic heterocycles. The van der Waals surface area contributed by atoms with Gasteiger partial charge in [-0.2, -0.15) is 4.68 Å². The Hall–Kier alpha value is -1.33. The second-order valence-electron chi connectivity index (χ2n) is 3.60. The van der Waals surface area contributed by atoms with Gasteiger partial charge in [-0.05, 0) is 41.6 Å². The highest BCUT2D eigenvalue weighted by Crippen LogP contribution is 2.20. The molecule has 0 unspecified atom stereocenters. The molecule has 0 radical (unpaired) electrons. The molecule has 6 heteroatoms. The molecule has 1 aromatic heterocycles. The third kappa shape index (κ3) is 3.08. The molecule has 2 aromatic rings. The van der Waals surface area contributed by atoms with Crippen LogP contribution in [0.2, 0.25) is 5.02 Å². The van der Waals surface area contributed by atoms with Crippen molar-refractivity contribution in [2.75, 3.05) is 5.75 Å². The Morgan fingerprint density at radius 2 is 2.12 bits per heavy atom. The lowest BCUT2D eigenvalue weighted by Gasteiger charge is -2.03. The van der Waals surface area contributed by atoms with E-state index in [0.29, 0.717) is 5.02 Å². The summed E-state index contributed by atoms with van der Waals surface area (Å²) in [4.78, 5) is 0. The van der Waals surface area contributed by atoms with E-state index in [1.165, 1.54) is 0 Å². The van der Waals surface area contributed by atoms with Gasteiger partial charge in [0, 0.05) is 10.8 Å². The Labute approximate surface area is 109 Å². The van der Waals surface area contributed by atoms with Gasteiger partial charge in [-0.25, -0.2) is 0 Å².